The lowest BCUT2D eigenvalue weighted by molar-refractivity contribution is -0.116. The van der Waals surface area contributed by atoms with Crippen LogP contribution in [0.3, 0.4) is 0 Å². The molecule has 0 bridgehead atoms. The highest BCUT2D eigenvalue weighted by Crippen LogP contribution is 2.09. The van der Waals surface area contributed by atoms with Gasteiger partial charge in [0.25, 0.3) is 0 Å². The van der Waals surface area contributed by atoms with Crippen LogP contribution in [0.2, 0.25) is 0 Å². The molecule has 2 heterocycles. The third kappa shape index (κ3) is 4.18. The Morgan fingerprint density at radius 2 is 2.50 bits per heavy atom. The number of hydrogen-bond acceptors (Lipinski definition) is 3. The maximum Gasteiger partial charge on any atom is 0.244 e. The fourth-order valence-electron chi connectivity index (χ4n) is 1.50. The van der Waals surface area contributed by atoms with Crippen molar-refractivity contribution in [3.63, 3.8) is 0 Å². The largest absolute Gasteiger partial charge is 0.353 e. The van der Waals surface area contributed by atoms with E-state index in [4.69, 9.17) is 0 Å². The maximum absolute atomic E-state index is 11.5. The Morgan fingerprint density at radius 1 is 1.56 bits per heavy atom. The minimum atomic E-state index is -0.0529. The van der Waals surface area contributed by atoms with E-state index in [2.05, 4.69) is 15.3 Å². The average Bonchev–Trinajstić information content (AvgIpc) is 3.04. The zero-order chi connectivity index (χ0) is 12.6. The first-order valence-corrected chi connectivity index (χ1v) is 6.70. The highest BCUT2D eigenvalue weighted by molar-refractivity contribution is 7.10. The Labute approximate surface area is 110 Å². The summed E-state index contributed by atoms with van der Waals surface area (Å²) >= 11 is 1.61. The molecule has 0 saturated heterocycles. The highest BCUT2D eigenvalue weighted by Gasteiger charge is 1.97. The van der Waals surface area contributed by atoms with E-state index in [0.717, 1.165) is 23.5 Å². The van der Waals surface area contributed by atoms with Crippen molar-refractivity contribution in [1.29, 1.82) is 0 Å². The molecule has 4 nitrogen and oxygen atoms in total. The van der Waals surface area contributed by atoms with Gasteiger partial charge in [-0.1, -0.05) is 6.07 Å². The van der Waals surface area contributed by atoms with Crippen LogP contribution < -0.4 is 5.32 Å². The number of H-pyrrole nitrogens is 1. The molecule has 0 radical (unpaired) electrons. The summed E-state index contributed by atoms with van der Waals surface area (Å²) in [4.78, 5) is 19.7. The van der Waals surface area contributed by atoms with E-state index < -0.39 is 0 Å². The predicted molar refractivity (Wildman–Crippen MR) is 73.3 cm³/mol. The molecule has 1 amide bonds. The van der Waals surface area contributed by atoms with Crippen LogP contribution in [-0.4, -0.2) is 22.4 Å². The number of carbonyl (C=O) groups excluding carboxylic acids is 1. The van der Waals surface area contributed by atoms with Crippen LogP contribution >= 0.6 is 11.3 Å². The lowest BCUT2D eigenvalue weighted by Crippen LogP contribution is -2.22. The quantitative estimate of drug-likeness (QED) is 0.619. The summed E-state index contributed by atoms with van der Waals surface area (Å²) in [5, 5.41) is 4.83. The van der Waals surface area contributed by atoms with Gasteiger partial charge in [0.2, 0.25) is 5.91 Å². The van der Waals surface area contributed by atoms with E-state index in [1.807, 2.05) is 23.6 Å². The third-order valence-corrected chi connectivity index (χ3v) is 3.22. The Morgan fingerprint density at radius 3 is 3.22 bits per heavy atom. The number of carbonyl (C=O) groups is 1. The number of amides is 1. The summed E-state index contributed by atoms with van der Waals surface area (Å²) in [6.07, 6.45) is 8.66. The van der Waals surface area contributed by atoms with Crippen molar-refractivity contribution < 1.29 is 4.79 Å². The molecule has 0 saturated carbocycles. The minimum Gasteiger partial charge on any atom is -0.353 e. The van der Waals surface area contributed by atoms with Crippen LogP contribution in [0.1, 0.15) is 17.1 Å². The first kappa shape index (κ1) is 12.6. The van der Waals surface area contributed by atoms with Crippen LogP contribution in [0, 0.1) is 0 Å². The topological polar surface area (TPSA) is 57.8 Å². The second-order valence-corrected chi connectivity index (χ2v) is 4.76. The van der Waals surface area contributed by atoms with Gasteiger partial charge < -0.3 is 10.3 Å². The van der Waals surface area contributed by atoms with Gasteiger partial charge in [-0.25, -0.2) is 4.98 Å². The van der Waals surface area contributed by atoms with E-state index in [1.54, 1.807) is 29.8 Å². The lowest BCUT2D eigenvalue weighted by atomic mass is 10.3. The van der Waals surface area contributed by atoms with E-state index in [9.17, 15) is 4.79 Å². The third-order valence-electron chi connectivity index (χ3n) is 2.39. The Hall–Kier alpha value is -1.88. The van der Waals surface area contributed by atoms with Gasteiger partial charge in [-0.2, -0.15) is 0 Å². The molecule has 2 aromatic rings. The molecule has 2 rings (SSSR count). The van der Waals surface area contributed by atoms with Crippen LogP contribution in [0.5, 0.6) is 0 Å². The van der Waals surface area contributed by atoms with Gasteiger partial charge in [-0.15, -0.1) is 11.3 Å². The van der Waals surface area contributed by atoms with Crippen molar-refractivity contribution in [3.8, 4) is 0 Å². The van der Waals surface area contributed by atoms with Crippen molar-refractivity contribution >= 4 is 23.3 Å². The number of aromatic nitrogens is 2. The minimum absolute atomic E-state index is 0.0529. The molecule has 0 aliphatic rings. The average molecular weight is 261 g/mol. The number of nitrogens with one attached hydrogen (secondary N) is 2. The van der Waals surface area contributed by atoms with Crippen molar-refractivity contribution in [2.75, 3.05) is 6.54 Å². The molecule has 2 N–H and O–H groups in total. The Bertz CT molecular complexity index is 488. The molecular formula is C13H15N3OS. The summed E-state index contributed by atoms with van der Waals surface area (Å²) in [5.74, 6) is 0.904. The Balaban J connectivity index is 1.63. The normalized spacial score (nSPS) is 10.9. The molecule has 0 fully saturated rings. The molecule has 0 unspecified atom stereocenters. The molecule has 5 heteroatoms. The fraction of sp³-hybridized carbons (Fsp3) is 0.231. The van der Waals surface area contributed by atoms with Crippen molar-refractivity contribution in [1.82, 2.24) is 15.3 Å². The summed E-state index contributed by atoms with van der Waals surface area (Å²) in [6, 6.07) is 3.94. The maximum atomic E-state index is 11.5. The second kappa shape index (κ2) is 6.76. The number of hydrogen-bond donors (Lipinski definition) is 2. The van der Waals surface area contributed by atoms with Gasteiger partial charge in [0.15, 0.2) is 0 Å². The summed E-state index contributed by atoms with van der Waals surface area (Å²) in [5.41, 5.74) is 0. The molecule has 2 aromatic heterocycles. The molecule has 0 spiro atoms. The fourth-order valence-corrected chi connectivity index (χ4v) is 2.12. The number of aromatic amines is 1. The SMILES string of the molecule is O=C(/C=C/c1cccs1)NCCCc1ncc[nH]1. The lowest BCUT2D eigenvalue weighted by Gasteiger charge is -2.00. The zero-order valence-electron chi connectivity index (χ0n) is 9.93. The first-order chi connectivity index (χ1) is 8.84. The van der Waals surface area contributed by atoms with Crippen LogP contribution in [0.25, 0.3) is 6.08 Å². The smallest absolute Gasteiger partial charge is 0.244 e. The van der Waals surface area contributed by atoms with Crippen LogP contribution in [0.15, 0.2) is 36.0 Å². The molecule has 0 atom stereocenters. The van der Waals surface area contributed by atoms with Crippen molar-refractivity contribution in [2.24, 2.45) is 0 Å². The van der Waals surface area contributed by atoms with Gasteiger partial charge in [0, 0.05) is 36.3 Å². The highest BCUT2D eigenvalue weighted by atomic mass is 32.1. The van der Waals surface area contributed by atoms with Gasteiger partial charge in [-0.05, 0) is 23.9 Å². The monoisotopic (exact) mass is 261 g/mol. The number of nitrogens with zero attached hydrogens (tertiary/aromatic N) is 1. The zero-order valence-corrected chi connectivity index (χ0v) is 10.7. The van der Waals surface area contributed by atoms with E-state index in [-0.39, 0.29) is 5.91 Å². The summed E-state index contributed by atoms with van der Waals surface area (Å²) in [7, 11) is 0. The van der Waals surface area contributed by atoms with Crippen molar-refractivity contribution in [3.05, 3.63) is 46.7 Å². The standard InChI is InChI=1S/C13H15N3OS/c17-13(6-5-11-3-2-10-18-11)16-7-1-4-12-14-8-9-15-12/h2-3,5-6,8-10H,1,4,7H2,(H,14,15)(H,16,17)/b6-5+. The molecule has 0 aromatic carbocycles. The number of rotatable bonds is 6. The number of thiophene rings is 1. The molecule has 0 aliphatic carbocycles. The number of aryl methyl sites for hydroxylation is 1. The number of imidazole rings is 1. The predicted octanol–water partition coefficient (Wildman–Crippen LogP) is 2.23. The first-order valence-electron chi connectivity index (χ1n) is 5.82. The van der Waals surface area contributed by atoms with Gasteiger partial charge in [0.05, 0.1) is 0 Å². The summed E-state index contributed by atoms with van der Waals surface area (Å²) in [6.45, 7) is 0.661. The van der Waals surface area contributed by atoms with Crippen molar-refractivity contribution in [2.45, 2.75) is 12.8 Å². The summed E-state index contributed by atoms with van der Waals surface area (Å²) < 4.78 is 0. The molecule has 0 aliphatic heterocycles. The van der Waals surface area contributed by atoms with Crippen LogP contribution in [0.4, 0.5) is 0 Å². The van der Waals surface area contributed by atoms with Crippen LogP contribution in [-0.2, 0) is 11.2 Å². The molecule has 94 valence electrons. The Kier molecular flexibility index (Phi) is 4.72. The van der Waals surface area contributed by atoms with E-state index in [1.165, 1.54) is 0 Å². The molecular weight excluding hydrogens is 246 g/mol. The van der Waals surface area contributed by atoms with E-state index >= 15 is 0 Å². The second-order valence-electron chi connectivity index (χ2n) is 3.78. The van der Waals surface area contributed by atoms with Gasteiger partial charge in [0.1, 0.15) is 5.82 Å². The molecule has 18 heavy (non-hydrogen) atoms. The van der Waals surface area contributed by atoms with E-state index in [0.29, 0.717) is 6.54 Å². The van der Waals surface area contributed by atoms with Gasteiger partial charge >= 0.3 is 0 Å². The van der Waals surface area contributed by atoms with Gasteiger partial charge in [-0.3, -0.25) is 4.79 Å².